The first-order valence-electron chi connectivity index (χ1n) is 16.0. The number of fused-ring (bicyclic) bond motifs is 5. The lowest BCUT2D eigenvalue weighted by molar-refractivity contribution is -0.161. The van der Waals surface area contributed by atoms with Gasteiger partial charge in [-0.15, -0.1) is 0 Å². The van der Waals surface area contributed by atoms with Crippen LogP contribution in [-0.2, 0) is 35.0 Å². The molecule has 0 aromatic heterocycles. The van der Waals surface area contributed by atoms with E-state index in [-0.39, 0.29) is 31.1 Å². The summed E-state index contributed by atoms with van der Waals surface area (Å²) in [6, 6.07) is 5.08. The highest BCUT2D eigenvalue weighted by Crippen LogP contribution is 2.49. The van der Waals surface area contributed by atoms with Gasteiger partial charge >= 0.3 is 12.1 Å². The molecule has 8 unspecified atom stereocenters. The van der Waals surface area contributed by atoms with Crippen LogP contribution >= 0.6 is 0 Å². The van der Waals surface area contributed by atoms with E-state index in [2.05, 4.69) is 11.4 Å². The normalized spacial score (nSPS) is 34.2. The summed E-state index contributed by atoms with van der Waals surface area (Å²) >= 11 is 0. The number of nitrogens with one attached hydrogen (secondary N) is 1. The highest BCUT2D eigenvalue weighted by Gasteiger charge is 2.64. The van der Waals surface area contributed by atoms with E-state index in [4.69, 9.17) is 14.2 Å². The highest BCUT2D eigenvalue weighted by atomic mass is 16.7. The minimum absolute atomic E-state index is 0.0994. The number of rotatable bonds is 4. The molecule has 3 aliphatic heterocycles. The minimum Gasteiger partial charge on any atom is -0.457 e. The van der Waals surface area contributed by atoms with E-state index in [1.165, 1.54) is 11.9 Å². The van der Waals surface area contributed by atoms with Crippen LogP contribution in [-0.4, -0.2) is 83.7 Å². The van der Waals surface area contributed by atoms with Crippen molar-refractivity contribution >= 4 is 29.6 Å². The van der Waals surface area contributed by atoms with Gasteiger partial charge in [0.05, 0.1) is 12.5 Å². The molecule has 3 aliphatic rings. The van der Waals surface area contributed by atoms with E-state index in [0.717, 1.165) is 16.7 Å². The summed E-state index contributed by atoms with van der Waals surface area (Å²) in [4.78, 5) is 55.1. The maximum atomic E-state index is 13.8. The fraction of sp³-hybridized carbons (Fsp3) is 0.600. The standard InChI is InChI=1S/C35H49N3O8/c1-10-29(39)37(8)24(6)32(41)45-28-18-30(40)38(9)26-16-21(3)15-25(17-26)14-20(2)12-11-13-22(4)35(43)19-27(44-33(42)36-35)23(5)31-34(28,7)46-31/h11-13,15-17,22-24,27-28,31,43H,10,14,18-19H2,1-9H3,(H,36,42)/b13-11+,20-12+. The second-order valence-electron chi connectivity index (χ2n) is 13.4. The quantitative estimate of drug-likeness (QED) is 0.370. The Balaban J connectivity index is 1.73. The number of epoxide rings is 1. The molecule has 46 heavy (non-hydrogen) atoms. The summed E-state index contributed by atoms with van der Waals surface area (Å²) < 4.78 is 17.9. The van der Waals surface area contributed by atoms with E-state index in [1.807, 2.05) is 58.1 Å². The van der Waals surface area contributed by atoms with Crippen LogP contribution in [0.3, 0.4) is 0 Å². The Bertz CT molecular complexity index is 1420. The van der Waals surface area contributed by atoms with Crippen molar-refractivity contribution < 1.29 is 38.5 Å². The van der Waals surface area contributed by atoms with Crippen LogP contribution in [0.2, 0.25) is 0 Å². The number of carbonyl (C=O) groups excluding carboxylic acids is 4. The van der Waals surface area contributed by atoms with Crippen molar-refractivity contribution in [2.75, 3.05) is 19.0 Å². The smallest absolute Gasteiger partial charge is 0.409 e. The Morgan fingerprint density at radius 1 is 1.22 bits per heavy atom. The third-order valence-corrected chi connectivity index (χ3v) is 9.82. The Morgan fingerprint density at radius 3 is 2.59 bits per heavy atom. The van der Waals surface area contributed by atoms with Gasteiger partial charge in [-0.1, -0.05) is 50.6 Å². The minimum atomic E-state index is -1.57. The Labute approximate surface area is 271 Å². The first-order valence-corrected chi connectivity index (χ1v) is 16.0. The molecule has 11 heteroatoms. The molecule has 11 nitrogen and oxygen atoms in total. The van der Waals surface area contributed by atoms with Gasteiger partial charge in [0, 0.05) is 44.5 Å². The van der Waals surface area contributed by atoms with Crippen LogP contribution in [0.25, 0.3) is 0 Å². The molecule has 1 aromatic rings. The Hall–Kier alpha value is -3.70. The second-order valence-corrected chi connectivity index (χ2v) is 13.4. The van der Waals surface area contributed by atoms with Crippen molar-refractivity contribution in [2.24, 2.45) is 11.8 Å². The first kappa shape index (κ1) is 35.2. The third kappa shape index (κ3) is 7.47. The van der Waals surface area contributed by atoms with Crippen molar-refractivity contribution in [3.05, 3.63) is 53.1 Å². The number of amides is 3. The molecule has 252 valence electrons. The molecule has 2 saturated heterocycles. The maximum Gasteiger partial charge on any atom is 0.409 e. The molecular weight excluding hydrogens is 590 g/mol. The summed E-state index contributed by atoms with van der Waals surface area (Å²) in [6.45, 7) is 12.7. The lowest BCUT2D eigenvalue weighted by Gasteiger charge is -2.41. The number of hydrogen-bond donors (Lipinski definition) is 2. The zero-order valence-electron chi connectivity index (χ0n) is 28.5. The molecule has 8 atom stereocenters. The van der Waals surface area contributed by atoms with Gasteiger partial charge < -0.3 is 29.1 Å². The Morgan fingerprint density at radius 2 is 1.91 bits per heavy atom. The van der Waals surface area contributed by atoms with Crippen LogP contribution in [0, 0.1) is 18.8 Å². The molecule has 4 rings (SSSR count). The molecule has 4 bridgehead atoms. The topological polar surface area (TPSA) is 138 Å². The number of alkyl carbamates (subject to hydrolysis) is 1. The van der Waals surface area contributed by atoms with Crippen LogP contribution < -0.4 is 10.2 Å². The van der Waals surface area contributed by atoms with Crippen molar-refractivity contribution in [3.63, 3.8) is 0 Å². The molecule has 0 radical (unpaired) electrons. The predicted molar refractivity (Wildman–Crippen MR) is 173 cm³/mol. The zero-order valence-corrected chi connectivity index (χ0v) is 28.5. The number of ether oxygens (including phenoxy) is 3. The van der Waals surface area contributed by atoms with Crippen molar-refractivity contribution in [1.82, 2.24) is 10.2 Å². The number of carbonyl (C=O) groups is 4. The molecule has 2 N–H and O–H groups in total. The molecule has 0 aliphatic carbocycles. The Kier molecular flexibility index (Phi) is 10.4. The van der Waals surface area contributed by atoms with Gasteiger partial charge in [0.1, 0.15) is 29.6 Å². The molecular formula is C35H49N3O8. The highest BCUT2D eigenvalue weighted by molar-refractivity contribution is 5.93. The van der Waals surface area contributed by atoms with Gasteiger partial charge in [0.2, 0.25) is 11.8 Å². The lowest BCUT2D eigenvalue weighted by Crippen LogP contribution is -2.60. The average molecular weight is 640 g/mol. The number of aliphatic hydroxyl groups is 1. The number of esters is 1. The van der Waals surface area contributed by atoms with Gasteiger partial charge in [-0.25, -0.2) is 9.59 Å². The van der Waals surface area contributed by atoms with Crippen molar-refractivity contribution in [3.8, 4) is 0 Å². The molecule has 0 saturated carbocycles. The number of nitrogens with zero attached hydrogens (tertiary/aromatic N) is 2. The van der Waals surface area contributed by atoms with Gasteiger partial charge in [0.15, 0.2) is 0 Å². The summed E-state index contributed by atoms with van der Waals surface area (Å²) in [7, 11) is 3.23. The number of allylic oxidation sites excluding steroid dienone is 3. The summed E-state index contributed by atoms with van der Waals surface area (Å²) in [6.07, 6.45) is 3.47. The molecule has 3 heterocycles. The van der Waals surface area contributed by atoms with E-state index in [0.29, 0.717) is 12.1 Å². The summed E-state index contributed by atoms with van der Waals surface area (Å²) in [5, 5.41) is 14.2. The monoisotopic (exact) mass is 639 g/mol. The maximum absolute atomic E-state index is 13.8. The molecule has 3 amide bonds. The van der Waals surface area contributed by atoms with Crippen LogP contribution in [0.5, 0.6) is 0 Å². The largest absolute Gasteiger partial charge is 0.457 e. The van der Waals surface area contributed by atoms with E-state index in [9.17, 15) is 24.3 Å². The predicted octanol–water partition coefficient (Wildman–Crippen LogP) is 4.19. The number of likely N-dealkylation sites (N-methyl/N-ethyl adjacent to an activating group) is 1. The summed E-state index contributed by atoms with van der Waals surface area (Å²) in [5.41, 5.74) is 1.13. The van der Waals surface area contributed by atoms with Crippen molar-refractivity contribution in [1.29, 1.82) is 0 Å². The average Bonchev–Trinajstić information content (AvgIpc) is 3.69. The fourth-order valence-electron chi connectivity index (χ4n) is 6.38. The summed E-state index contributed by atoms with van der Waals surface area (Å²) in [5.74, 6) is -2.02. The van der Waals surface area contributed by atoms with Crippen LogP contribution in [0.4, 0.5) is 10.5 Å². The van der Waals surface area contributed by atoms with Gasteiger partial charge in [0.25, 0.3) is 0 Å². The number of benzene rings is 1. The molecule has 1 aromatic carbocycles. The van der Waals surface area contributed by atoms with Crippen LogP contribution in [0.1, 0.15) is 71.9 Å². The SMILES string of the molecule is CCC(=O)N(C)C(C)C(=O)OC1CC(=O)N(C)c2cc(C)cc(c2)C/C(C)=C/C=C/C(C)C2(O)CC(OC(=O)N2)C(C)C2OC12C. The van der Waals surface area contributed by atoms with E-state index < -0.39 is 59.6 Å². The molecule has 0 spiro atoms. The zero-order chi connectivity index (χ0) is 34.1. The fourth-order valence-corrected chi connectivity index (χ4v) is 6.38. The van der Waals surface area contributed by atoms with Gasteiger partial charge in [-0.05, 0) is 57.4 Å². The van der Waals surface area contributed by atoms with Crippen molar-refractivity contribution in [2.45, 2.75) is 110 Å². The number of hydrogen-bond acceptors (Lipinski definition) is 8. The lowest BCUT2D eigenvalue weighted by atomic mass is 9.82. The second kappa shape index (κ2) is 13.6. The van der Waals surface area contributed by atoms with E-state index in [1.54, 1.807) is 32.7 Å². The number of anilines is 1. The first-order chi connectivity index (χ1) is 21.5. The van der Waals surface area contributed by atoms with Crippen LogP contribution in [0.15, 0.2) is 42.0 Å². The van der Waals surface area contributed by atoms with Gasteiger partial charge in [-0.3, -0.25) is 14.9 Å². The van der Waals surface area contributed by atoms with Gasteiger partial charge in [-0.2, -0.15) is 0 Å². The number of aryl methyl sites for hydroxylation is 1. The third-order valence-electron chi connectivity index (χ3n) is 9.82. The van der Waals surface area contributed by atoms with E-state index >= 15 is 0 Å². The molecule has 2 fully saturated rings.